The predicted molar refractivity (Wildman–Crippen MR) is 108 cm³/mol. The molecule has 0 radical (unpaired) electrons. The highest BCUT2D eigenvalue weighted by Crippen LogP contribution is 2.36. The third-order valence-corrected chi connectivity index (χ3v) is 5.88. The van der Waals surface area contributed by atoms with Crippen LogP contribution in [0.4, 0.5) is 8.78 Å². The summed E-state index contributed by atoms with van der Waals surface area (Å²) in [6, 6.07) is 3.21. The van der Waals surface area contributed by atoms with E-state index in [9.17, 15) is 13.6 Å². The number of hydrogen-bond donors (Lipinski definition) is 0. The number of amides is 1. The van der Waals surface area contributed by atoms with Gasteiger partial charge in [0.1, 0.15) is 18.1 Å². The van der Waals surface area contributed by atoms with E-state index in [1.54, 1.807) is 11.0 Å². The Balaban J connectivity index is 1.62. The van der Waals surface area contributed by atoms with E-state index in [0.29, 0.717) is 30.2 Å². The normalized spacial score (nSPS) is 26.2. The minimum atomic E-state index is -2.67. The molecule has 1 aromatic heterocycles. The molecular formula is C21H23F2N5O. The molecule has 0 aliphatic carbocycles. The summed E-state index contributed by atoms with van der Waals surface area (Å²) in [7, 11) is 0. The minimum absolute atomic E-state index is 0.0742. The van der Waals surface area contributed by atoms with Gasteiger partial charge in [0.15, 0.2) is 5.84 Å². The fraction of sp³-hybridized carbons (Fsp3) is 0.476. The number of dihydropyridines is 1. The predicted octanol–water partition coefficient (Wildman–Crippen LogP) is 3.25. The van der Waals surface area contributed by atoms with Crippen LogP contribution in [0.3, 0.4) is 0 Å². The van der Waals surface area contributed by atoms with E-state index in [1.165, 1.54) is 12.4 Å². The first kappa shape index (κ1) is 19.5. The summed E-state index contributed by atoms with van der Waals surface area (Å²) in [5, 5.41) is 0. The molecule has 0 spiro atoms. The Kier molecular flexibility index (Phi) is 5.10. The zero-order valence-electron chi connectivity index (χ0n) is 16.6. The van der Waals surface area contributed by atoms with Crippen molar-refractivity contribution in [3.8, 4) is 0 Å². The van der Waals surface area contributed by atoms with Gasteiger partial charge < -0.3 is 4.90 Å². The van der Waals surface area contributed by atoms with Crippen molar-refractivity contribution in [2.24, 2.45) is 26.8 Å². The molecule has 3 atom stereocenters. The standard InChI is InChI=1S/C21H23F2N5O/c1-11-6-7-28(21(29)14-5-4-12(2)26-13(14)3)9-16(11)15-8-17(19(22)23)27-20-18(15)24-10-25-20/h4-5,8,10-11,16,18-19H,6-7,9H2,1-3H3/t11?,16-,18?/m1/s1. The Morgan fingerprint density at radius 1 is 1.28 bits per heavy atom. The van der Waals surface area contributed by atoms with Gasteiger partial charge in [-0.3, -0.25) is 14.8 Å². The summed E-state index contributed by atoms with van der Waals surface area (Å²) in [5.41, 5.74) is 2.63. The average molecular weight is 399 g/mol. The molecule has 8 heteroatoms. The molecule has 6 nitrogen and oxygen atoms in total. The molecule has 2 unspecified atom stereocenters. The van der Waals surface area contributed by atoms with Gasteiger partial charge in [-0.05, 0) is 50.0 Å². The van der Waals surface area contributed by atoms with Crippen molar-refractivity contribution < 1.29 is 13.6 Å². The molecule has 1 aromatic rings. The van der Waals surface area contributed by atoms with Crippen LogP contribution in [-0.4, -0.2) is 59.2 Å². The quantitative estimate of drug-likeness (QED) is 0.783. The molecule has 4 heterocycles. The van der Waals surface area contributed by atoms with Crippen molar-refractivity contribution in [2.45, 2.75) is 39.7 Å². The van der Waals surface area contributed by atoms with Crippen LogP contribution >= 0.6 is 0 Å². The van der Waals surface area contributed by atoms with E-state index in [-0.39, 0.29) is 23.5 Å². The zero-order chi connectivity index (χ0) is 20.7. The molecule has 0 saturated carbocycles. The molecule has 1 amide bonds. The number of aromatic nitrogens is 1. The first-order valence-electron chi connectivity index (χ1n) is 9.76. The fourth-order valence-corrected chi connectivity index (χ4v) is 4.23. The average Bonchev–Trinajstić information content (AvgIpc) is 3.16. The molecule has 1 fully saturated rings. The number of carbonyl (C=O) groups is 1. The van der Waals surface area contributed by atoms with Crippen molar-refractivity contribution in [3.63, 3.8) is 0 Å². The highest BCUT2D eigenvalue weighted by atomic mass is 19.3. The first-order valence-corrected chi connectivity index (χ1v) is 9.76. The molecule has 3 aliphatic rings. The van der Waals surface area contributed by atoms with Gasteiger partial charge in [-0.25, -0.2) is 18.8 Å². The monoisotopic (exact) mass is 399 g/mol. The summed E-state index contributed by atoms with van der Waals surface area (Å²) < 4.78 is 26.8. The lowest BCUT2D eigenvalue weighted by atomic mass is 9.77. The Bertz CT molecular complexity index is 966. The first-order chi connectivity index (χ1) is 13.8. The number of amidine groups is 1. The molecule has 4 rings (SSSR count). The van der Waals surface area contributed by atoms with Crippen LogP contribution in [0, 0.1) is 25.7 Å². The lowest BCUT2D eigenvalue weighted by Crippen LogP contribution is -2.46. The number of hydrogen-bond acceptors (Lipinski definition) is 5. The van der Waals surface area contributed by atoms with Crippen LogP contribution in [-0.2, 0) is 0 Å². The SMILES string of the molecule is Cc1ccc(C(=O)N2CCC(C)[C@H](C3=CC(C(F)F)=NC4=NC=NC34)C2)c(C)n1. The van der Waals surface area contributed by atoms with Crippen LogP contribution < -0.4 is 0 Å². The van der Waals surface area contributed by atoms with E-state index < -0.39 is 12.5 Å². The highest BCUT2D eigenvalue weighted by molar-refractivity contribution is 6.14. The van der Waals surface area contributed by atoms with Crippen LogP contribution in [0.5, 0.6) is 0 Å². The van der Waals surface area contributed by atoms with Crippen molar-refractivity contribution in [2.75, 3.05) is 13.1 Å². The Hall–Kier alpha value is -2.77. The molecule has 0 aromatic carbocycles. The van der Waals surface area contributed by atoms with Gasteiger partial charge in [0, 0.05) is 24.7 Å². The maximum atomic E-state index is 13.4. The second kappa shape index (κ2) is 7.57. The number of fused-ring (bicyclic) bond motifs is 1. The summed E-state index contributed by atoms with van der Waals surface area (Å²) >= 11 is 0. The number of pyridine rings is 1. The smallest absolute Gasteiger partial charge is 0.280 e. The number of halogens is 2. The zero-order valence-corrected chi connectivity index (χ0v) is 16.6. The van der Waals surface area contributed by atoms with Crippen LogP contribution in [0.2, 0.25) is 0 Å². The van der Waals surface area contributed by atoms with Crippen molar-refractivity contribution in [1.82, 2.24) is 9.88 Å². The van der Waals surface area contributed by atoms with Gasteiger partial charge in [0.2, 0.25) is 0 Å². The lowest BCUT2D eigenvalue weighted by Gasteiger charge is -2.40. The molecule has 0 bridgehead atoms. The number of rotatable bonds is 3. The van der Waals surface area contributed by atoms with E-state index in [4.69, 9.17) is 0 Å². The Labute approximate surface area is 168 Å². The van der Waals surface area contributed by atoms with E-state index in [1.807, 2.05) is 19.9 Å². The van der Waals surface area contributed by atoms with E-state index in [2.05, 4.69) is 26.9 Å². The van der Waals surface area contributed by atoms with Crippen molar-refractivity contribution in [1.29, 1.82) is 0 Å². The molecule has 29 heavy (non-hydrogen) atoms. The maximum Gasteiger partial charge on any atom is 0.280 e. The number of nitrogens with zero attached hydrogens (tertiary/aromatic N) is 5. The van der Waals surface area contributed by atoms with Gasteiger partial charge >= 0.3 is 0 Å². The summed E-state index contributed by atoms with van der Waals surface area (Å²) in [5.74, 6) is 0.389. The van der Waals surface area contributed by atoms with E-state index >= 15 is 0 Å². The Morgan fingerprint density at radius 3 is 2.79 bits per heavy atom. The number of allylic oxidation sites excluding steroid dienone is 1. The second-order valence-corrected chi connectivity index (χ2v) is 7.85. The molecule has 3 aliphatic heterocycles. The number of likely N-dealkylation sites (tertiary alicyclic amines) is 1. The molecular weight excluding hydrogens is 376 g/mol. The largest absolute Gasteiger partial charge is 0.338 e. The third-order valence-electron chi connectivity index (χ3n) is 5.88. The number of alkyl halides is 2. The number of piperidine rings is 1. The second-order valence-electron chi connectivity index (χ2n) is 7.85. The number of carbonyl (C=O) groups excluding carboxylic acids is 1. The highest BCUT2D eigenvalue weighted by Gasteiger charge is 2.39. The molecule has 1 saturated heterocycles. The van der Waals surface area contributed by atoms with Gasteiger partial charge in [0.05, 0.1) is 11.3 Å². The number of aryl methyl sites for hydroxylation is 2. The summed E-state index contributed by atoms with van der Waals surface area (Å²) in [6.45, 7) is 6.89. The van der Waals surface area contributed by atoms with Gasteiger partial charge in [-0.15, -0.1) is 0 Å². The van der Waals surface area contributed by atoms with Crippen molar-refractivity contribution >= 4 is 23.8 Å². The van der Waals surface area contributed by atoms with Crippen LogP contribution in [0.25, 0.3) is 0 Å². The third kappa shape index (κ3) is 3.63. The van der Waals surface area contributed by atoms with Gasteiger partial charge in [-0.1, -0.05) is 6.92 Å². The topological polar surface area (TPSA) is 70.3 Å². The minimum Gasteiger partial charge on any atom is -0.338 e. The van der Waals surface area contributed by atoms with Gasteiger partial charge in [0.25, 0.3) is 12.3 Å². The maximum absolute atomic E-state index is 13.4. The summed E-state index contributed by atoms with van der Waals surface area (Å²) in [6.07, 6.45) is 0.956. The lowest BCUT2D eigenvalue weighted by molar-refractivity contribution is 0.0638. The fourth-order valence-electron chi connectivity index (χ4n) is 4.23. The van der Waals surface area contributed by atoms with Crippen LogP contribution in [0.15, 0.2) is 38.8 Å². The van der Waals surface area contributed by atoms with Crippen LogP contribution in [0.1, 0.15) is 35.1 Å². The summed E-state index contributed by atoms with van der Waals surface area (Å²) in [4.78, 5) is 31.7. The number of aliphatic imine (C=N–C) groups is 3. The van der Waals surface area contributed by atoms with E-state index in [0.717, 1.165) is 17.7 Å². The van der Waals surface area contributed by atoms with Crippen molar-refractivity contribution in [3.05, 3.63) is 40.7 Å². The van der Waals surface area contributed by atoms with Gasteiger partial charge in [-0.2, -0.15) is 0 Å². The molecule has 152 valence electrons. The molecule has 0 N–H and O–H groups in total. The Morgan fingerprint density at radius 2 is 2.07 bits per heavy atom.